The van der Waals surface area contributed by atoms with E-state index in [1.807, 2.05) is 0 Å². The third-order valence-electron chi connectivity index (χ3n) is 1.92. The number of nitrogens with zero attached hydrogens (tertiary/aromatic N) is 1. The van der Waals surface area contributed by atoms with Gasteiger partial charge in [-0.3, -0.25) is 0 Å². The van der Waals surface area contributed by atoms with Crippen LogP contribution in [0.3, 0.4) is 0 Å². The number of rotatable bonds is 5. The van der Waals surface area contributed by atoms with Gasteiger partial charge in [0.1, 0.15) is 0 Å². The Morgan fingerprint density at radius 3 is 2.46 bits per heavy atom. The largest absolute Gasteiger partial charge is 0.391 e. The van der Waals surface area contributed by atoms with Gasteiger partial charge in [-0.1, -0.05) is 20.3 Å². The van der Waals surface area contributed by atoms with Crippen LogP contribution in [0, 0.1) is 0 Å². The minimum Gasteiger partial charge on any atom is -0.391 e. The molecule has 1 N–H and O–H groups in total. The molecule has 13 heavy (non-hydrogen) atoms. The molecule has 0 aliphatic heterocycles. The van der Waals surface area contributed by atoms with Crippen LogP contribution in [0.2, 0.25) is 0 Å². The van der Waals surface area contributed by atoms with Gasteiger partial charge in [-0.2, -0.15) is 0 Å². The lowest BCUT2D eigenvalue weighted by molar-refractivity contribution is 0.284. The molecule has 0 aliphatic rings. The molecule has 0 spiro atoms. The molecule has 0 amide bonds. The highest BCUT2D eigenvalue weighted by Gasteiger charge is 2.08. The first kappa shape index (κ1) is 10.7. The Labute approximate surface area is 83.6 Å². The summed E-state index contributed by atoms with van der Waals surface area (Å²) in [5.74, 6) is 0. The van der Waals surface area contributed by atoms with Crippen LogP contribution in [0.5, 0.6) is 0 Å². The van der Waals surface area contributed by atoms with Crippen molar-refractivity contribution in [1.29, 1.82) is 0 Å². The predicted octanol–water partition coefficient (Wildman–Crippen LogP) is 2.54. The number of hydrogen-bond donors (Lipinski definition) is 1. The van der Waals surface area contributed by atoms with Crippen molar-refractivity contribution in [3.63, 3.8) is 0 Å². The fraction of sp³-hybridized carbons (Fsp3) is 0.700. The molecule has 2 nitrogen and oxygen atoms in total. The van der Waals surface area contributed by atoms with Crippen molar-refractivity contribution in [3.8, 4) is 0 Å². The molecule has 0 atom stereocenters. The molecular weight excluding hydrogens is 182 g/mol. The van der Waals surface area contributed by atoms with Gasteiger partial charge in [0.15, 0.2) is 0 Å². The summed E-state index contributed by atoms with van der Waals surface area (Å²) in [5.41, 5.74) is 1.11. The smallest absolute Gasteiger partial charge is 0.0931 e. The second-order valence-corrected chi connectivity index (χ2v) is 4.30. The van der Waals surface area contributed by atoms with E-state index >= 15 is 0 Å². The molecule has 74 valence electrons. The Morgan fingerprint density at radius 1 is 1.23 bits per heavy atom. The van der Waals surface area contributed by atoms with Crippen LogP contribution in [0.25, 0.3) is 0 Å². The molecule has 0 saturated carbocycles. The van der Waals surface area contributed by atoms with E-state index in [2.05, 4.69) is 18.8 Å². The van der Waals surface area contributed by atoms with Gasteiger partial charge in [0, 0.05) is 0 Å². The number of hydrogen-bond acceptors (Lipinski definition) is 3. The highest BCUT2D eigenvalue weighted by molar-refractivity contribution is 7.11. The van der Waals surface area contributed by atoms with Crippen molar-refractivity contribution in [2.24, 2.45) is 0 Å². The minimum atomic E-state index is 0.150. The van der Waals surface area contributed by atoms with Crippen molar-refractivity contribution in [3.05, 3.63) is 15.6 Å². The lowest BCUT2D eigenvalue weighted by Gasteiger charge is -1.94. The average Bonchev–Trinajstić information content (AvgIpc) is 2.49. The molecule has 1 aromatic rings. The Hall–Kier alpha value is -0.410. The molecule has 1 rings (SSSR count). The van der Waals surface area contributed by atoms with Crippen molar-refractivity contribution >= 4 is 11.3 Å². The van der Waals surface area contributed by atoms with Gasteiger partial charge in [0.05, 0.1) is 22.2 Å². The lowest BCUT2D eigenvalue weighted by Crippen LogP contribution is -1.90. The van der Waals surface area contributed by atoms with E-state index in [-0.39, 0.29) is 6.61 Å². The third kappa shape index (κ3) is 2.78. The Kier molecular flexibility index (Phi) is 4.39. The monoisotopic (exact) mass is 199 g/mol. The van der Waals surface area contributed by atoms with Crippen molar-refractivity contribution in [1.82, 2.24) is 4.98 Å². The SMILES string of the molecule is CCCc1nc(CCC)c(CO)s1. The first-order chi connectivity index (χ1) is 6.31. The van der Waals surface area contributed by atoms with Crippen LogP contribution in [-0.4, -0.2) is 10.1 Å². The van der Waals surface area contributed by atoms with Gasteiger partial charge >= 0.3 is 0 Å². The van der Waals surface area contributed by atoms with Gasteiger partial charge in [0.2, 0.25) is 0 Å². The van der Waals surface area contributed by atoms with Gasteiger partial charge in [0.25, 0.3) is 0 Å². The van der Waals surface area contributed by atoms with Crippen LogP contribution in [0.1, 0.15) is 42.3 Å². The van der Waals surface area contributed by atoms with Crippen LogP contribution in [0.15, 0.2) is 0 Å². The zero-order valence-electron chi connectivity index (χ0n) is 8.34. The van der Waals surface area contributed by atoms with Crippen molar-refractivity contribution in [2.75, 3.05) is 0 Å². The normalized spacial score (nSPS) is 10.7. The Morgan fingerprint density at radius 2 is 1.92 bits per heavy atom. The van der Waals surface area contributed by atoms with Gasteiger partial charge in [-0.25, -0.2) is 4.98 Å². The summed E-state index contributed by atoms with van der Waals surface area (Å²) in [6, 6.07) is 0. The molecular formula is C10H17NOS. The maximum absolute atomic E-state index is 9.10. The summed E-state index contributed by atoms with van der Waals surface area (Å²) in [6.45, 7) is 4.44. The van der Waals surface area contributed by atoms with E-state index in [1.54, 1.807) is 11.3 Å². The quantitative estimate of drug-likeness (QED) is 0.790. The molecule has 0 aliphatic carbocycles. The first-order valence-corrected chi connectivity index (χ1v) is 5.71. The molecule has 0 radical (unpaired) electrons. The lowest BCUT2D eigenvalue weighted by atomic mass is 10.2. The zero-order chi connectivity index (χ0) is 9.68. The molecule has 1 heterocycles. The summed E-state index contributed by atoms with van der Waals surface area (Å²) in [5, 5.41) is 10.3. The van der Waals surface area contributed by atoms with Crippen LogP contribution in [-0.2, 0) is 19.4 Å². The molecule has 0 unspecified atom stereocenters. The maximum atomic E-state index is 9.10. The summed E-state index contributed by atoms with van der Waals surface area (Å²) < 4.78 is 0. The molecule has 0 aromatic carbocycles. The van der Waals surface area contributed by atoms with Crippen LogP contribution >= 0.6 is 11.3 Å². The van der Waals surface area contributed by atoms with Gasteiger partial charge < -0.3 is 5.11 Å². The summed E-state index contributed by atoms with van der Waals surface area (Å²) in [6.07, 6.45) is 4.27. The van der Waals surface area contributed by atoms with E-state index < -0.39 is 0 Å². The zero-order valence-corrected chi connectivity index (χ0v) is 9.15. The Balaban J connectivity index is 2.77. The fourth-order valence-electron chi connectivity index (χ4n) is 1.31. The van der Waals surface area contributed by atoms with Crippen molar-refractivity contribution < 1.29 is 5.11 Å². The first-order valence-electron chi connectivity index (χ1n) is 4.90. The number of aliphatic hydroxyl groups is 1. The average molecular weight is 199 g/mol. The number of thiazole rings is 1. The number of aromatic nitrogens is 1. The molecule has 0 saturated heterocycles. The highest BCUT2D eigenvalue weighted by atomic mass is 32.1. The number of aryl methyl sites for hydroxylation is 2. The Bertz CT molecular complexity index is 257. The van der Waals surface area contributed by atoms with E-state index in [4.69, 9.17) is 5.11 Å². The van der Waals surface area contributed by atoms with Gasteiger partial charge in [-0.15, -0.1) is 11.3 Å². The summed E-state index contributed by atoms with van der Waals surface area (Å²) >= 11 is 1.66. The van der Waals surface area contributed by atoms with Crippen LogP contribution in [0.4, 0.5) is 0 Å². The van der Waals surface area contributed by atoms with E-state index in [1.165, 1.54) is 5.01 Å². The van der Waals surface area contributed by atoms with E-state index in [0.29, 0.717) is 0 Å². The maximum Gasteiger partial charge on any atom is 0.0931 e. The van der Waals surface area contributed by atoms with E-state index in [0.717, 1.165) is 36.3 Å². The third-order valence-corrected chi connectivity index (χ3v) is 3.06. The topological polar surface area (TPSA) is 33.1 Å². The predicted molar refractivity (Wildman–Crippen MR) is 56.0 cm³/mol. The highest BCUT2D eigenvalue weighted by Crippen LogP contribution is 2.20. The fourth-order valence-corrected chi connectivity index (χ4v) is 2.39. The summed E-state index contributed by atoms with van der Waals surface area (Å²) in [4.78, 5) is 5.58. The van der Waals surface area contributed by atoms with Gasteiger partial charge in [-0.05, 0) is 19.3 Å². The standard InChI is InChI=1S/C10H17NOS/c1-3-5-8-9(7-12)13-10(11-8)6-4-2/h12H,3-7H2,1-2H3. The minimum absolute atomic E-state index is 0.150. The number of aliphatic hydroxyl groups excluding tert-OH is 1. The second kappa shape index (κ2) is 5.35. The molecule has 3 heteroatoms. The molecule has 0 fully saturated rings. The van der Waals surface area contributed by atoms with Crippen LogP contribution < -0.4 is 0 Å². The summed E-state index contributed by atoms with van der Waals surface area (Å²) in [7, 11) is 0. The van der Waals surface area contributed by atoms with Crippen molar-refractivity contribution in [2.45, 2.75) is 46.1 Å². The molecule has 0 bridgehead atoms. The second-order valence-electron chi connectivity index (χ2n) is 3.14. The van der Waals surface area contributed by atoms with E-state index in [9.17, 15) is 0 Å². The molecule has 1 aromatic heterocycles.